The molecule has 0 saturated carbocycles. The minimum absolute atomic E-state index is 0. The molecule has 1 aliphatic heterocycles. The Bertz CT molecular complexity index is 686. The maximum atomic E-state index is 5.62. The lowest BCUT2D eigenvalue weighted by Gasteiger charge is -2.31. The molecule has 2 N–H and O–H groups in total. The van der Waals surface area contributed by atoms with E-state index in [1.165, 1.54) is 30.8 Å². The zero-order valence-corrected chi connectivity index (χ0v) is 21.0. The summed E-state index contributed by atoms with van der Waals surface area (Å²) in [4.78, 5) is 8.85. The van der Waals surface area contributed by atoms with Crippen LogP contribution in [0.3, 0.4) is 0 Å². The highest BCUT2D eigenvalue weighted by Crippen LogP contribution is 2.20. The Kier molecular flexibility index (Phi) is 12.4. The Labute approximate surface area is 201 Å². The van der Waals surface area contributed by atoms with Crippen molar-refractivity contribution in [3.05, 3.63) is 46.5 Å². The number of piperidine rings is 1. The van der Waals surface area contributed by atoms with Gasteiger partial charge in [-0.3, -0.25) is 9.89 Å². The van der Waals surface area contributed by atoms with Crippen LogP contribution in [-0.4, -0.2) is 50.2 Å². The molecule has 0 aromatic carbocycles. The predicted molar refractivity (Wildman–Crippen MR) is 135 cm³/mol. The molecule has 0 radical (unpaired) electrons. The minimum atomic E-state index is 0. The lowest BCUT2D eigenvalue weighted by Crippen LogP contribution is -2.39. The molecule has 2 aromatic rings. The molecule has 0 amide bonds. The molecule has 1 fully saturated rings. The SMILES string of the molecule is CCNC(=NCC1CCN(Cc2cccs2)CC1)NCCCOCc1ccco1.I. The fourth-order valence-corrected chi connectivity index (χ4v) is 4.21. The van der Waals surface area contributed by atoms with Crippen LogP contribution < -0.4 is 10.6 Å². The second kappa shape index (κ2) is 14.8. The molecular weight excluding hydrogens is 511 g/mol. The van der Waals surface area contributed by atoms with E-state index >= 15 is 0 Å². The summed E-state index contributed by atoms with van der Waals surface area (Å²) in [7, 11) is 0. The van der Waals surface area contributed by atoms with Crippen LogP contribution in [0.1, 0.15) is 36.8 Å². The van der Waals surface area contributed by atoms with Crippen molar-refractivity contribution >= 4 is 41.3 Å². The lowest BCUT2D eigenvalue weighted by molar-refractivity contribution is 0.105. The van der Waals surface area contributed by atoms with Gasteiger partial charge in [0.2, 0.25) is 0 Å². The normalized spacial score (nSPS) is 15.7. The maximum Gasteiger partial charge on any atom is 0.191 e. The quantitative estimate of drug-likeness (QED) is 0.190. The second-order valence-corrected chi connectivity index (χ2v) is 8.46. The van der Waals surface area contributed by atoms with Gasteiger partial charge >= 0.3 is 0 Å². The number of halogens is 1. The largest absolute Gasteiger partial charge is 0.467 e. The number of hydrogen-bond acceptors (Lipinski definition) is 5. The number of guanidine groups is 1. The van der Waals surface area contributed by atoms with Crippen molar-refractivity contribution in [2.45, 2.75) is 39.3 Å². The van der Waals surface area contributed by atoms with Gasteiger partial charge in [-0.1, -0.05) is 6.07 Å². The van der Waals surface area contributed by atoms with Crippen molar-refractivity contribution in [1.29, 1.82) is 0 Å². The first-order chi connectivity index (χ1) is 14.3. The van der Waals surface area contributed by atoms with Crippen LogP contribution in [0, 0.1) is 5.92 Å². The summed E-state index contributed by atoms with van der Waals surface area (Å²) in [6.07, 6.45) is 5.07. The van der Waals surface area contributed by atoms with E-state index in [0.29, 0.717) is 19.1 Å². The number of aliphatic imine (C=N–C) groups is 1. The molecule has 3 heterocycles. The monoisotopic (exact) mass is 546 g/mol. The Balaban J connectivity index is 0.00000320. The molecule has 6 nitrogen and oxygen atoms in total. The summed E-state index contributed by atoms with van der Waals surface area (Å²) in [6, 6.07) is 8.19. The molecule has 0 aliphatic carbocycles. The zero-order valence-electron chi connectivity index (χ0n) is 17.8. The first-order valence-corrected chi connectivity index (χ1v) is 11.6. The molecule has 1 saturated heterocycles. The molecule has 1 aliphatic rings. The third-order valence-electron chi connectivity index (χ3n) is 5.10. The Morgan fingerprint density at radius 2 is 2.13 bits per heavy atom. The molecule has 30 heavy (non-hydrogen) atoms. The number of thiophene rings is 1. The Hall–Kier alpha value is -1.10. The van der Waals surface area contributed by atoms with E-state index in [4.69, 9.17) is 14.1 Å². The number of nitrogens with one attached hydrogen (secondary N) is 2. The molecule has 0 bridgehead atoms. The van der Waals surface area contributed by atoms with Crippen molar-refractivity contribution in [2.24, 2.45) is 10.9 Å². The van der Waals surface area contributed by atoms with E-state index < -0.39 is 0 Å². The minimum Gasteiger partial charge on any atom is -0.467 e. The highest BCUT2D eigenvalue weighted by atomic mass is 127. The molecule has 0 unspecified atom stereocenters. The number of furan rings is 1. The number of likely N-dealkylation sites (tertiary alicyclic amines) is 1. The molecular formula is C22H35IN4O2S. The van der Waals surface area contributed by atoms with Gasteiger partial charge in [-0.2, -0.15) is 0 Å². The highest BCUT2D eigenvalue weighted by molar-refractivity contribution is 14.0. The highest BCUT2D eigenvalue weighted by Gasteiger charge is 2.19. The van der Waals surface area contributed by atoms with Gasteiger partial charge in [0.25, 0.3) is 0 Å². The molecule has 0 atom stereocenters. The summed E-state index contributed by atoms with van der Waals surface area (Å²) in [5, 5.41) is 8.93. The predicted octanol–water partition coefficient (Wildman–Crippen LogP) is 4.33. The number of rotatable bonds is 11. The van der Waals surface area contributed by atoms with Crippen LogP contribution in [0.25, 0.3) is 0 Å². The standard InChI is InChI=1S/C22H34N4O2S.HI/c1-2-23-22(24-10-5-13-27-18-20-6-3-14-28-20)25-16-19-8-11-26(12-9-19)17-21-7-4-15-29-21;/h3-4,6-7,14-15,19H,2,5,8-13,16-18H2,1H3,(H2,23,24,25);1H. The zero-order chi connectivity index (χ0) is 20.2. The number of hydrogen-bond donors (Lipinski definition) is 2. The van der Waals surface area contributed by atoms with E-state index in [9.17, 15) is 0 Å². The number of ether oxygens (including phenoxy) is 1. The van der Waals surface area contributed by atoms with Gasteiger partial charge in [0.05, 0.1) is 6.26 Å². The maximum absolute atomic E-state index is 5.62. The van der Waals surface area contributed by atoms with Crippen molar-refractivity contribution < 1.29 is 9.15 Å². The van der Waals surface area contributed by atoms with E-state index in [0.717, 1.165) is 44.3 Å². The van der Waals surface area contributed by atoms with Gasteiger partial charge in [-0.05, 0) is 68.8 Å². The molecule has 8 heteroatoms. The van der Waals surface area contributed by atoms with Crippen molar-refractivity contribution in [3.63, 3.8) is 0 Å². The van der Waals surface area contributed by atoms with Crippen molar-refractivity contribution in [1.82, 2.24) is 15.5 Å². The third-order valence-corrected chi connectivity index (χ3v) is 5.96. The summed E-state index contributed by atoms with van der Waals surface area (Å²) in [5.74, 6) is 2.47. The number of nitrogens with zero attached hydrogens (tertiary/aromatic N) is 2. The fraction of sp³-hybridized carbons (Fsp3) is 0.591. The van der Waals surface area contributed by atoms with E-state index in [1.54, 1.807) is 6.26 Å². The lowest BCUT2D eigenvalue weighted by atomic mass is 9.97. The van der Waals surface area contributed by atoms with E-state index in [1.807, 2.05) is 23.5 Å². The van der Waals surface area contributed by atoms with Crippen LogP contribution in [0.15, 0.2) is 45.3 Å². The van der Waals surface area contributed by atoms with Crippen LogP contribution in [0.5, 0.6) is 0 Å². The van der Waals surface area contributed by atoms with Crippen LogP contribution in [0.2, 0.25) is 0 Å². The van der Waals surface area contributed by atoms with Crippen LogP contribution >= 0.6 is 35.3 Å². The third kappa shape index (κ3) is 9.36. The Morgan fingerprint density at radius 3 is 2.83 bits per heavy atom. The topological polar surface area (TPSA) is 62.0 Å². The van der Waals surface area contributed by atoms with Gasteiger partial charge in [0.15, 0.2) is 5.96 Å². The molecule has 2 aromatic heterocycles. The van der Waals surface area contributed by atoms with Crippen molar-refractivity contribution in [2.75, 3.05) is 39.3 Å². The van der Waals surface area contributed by atoms with E-state index in [2.05, 4.69) is 40.0 Å². The molecule has 3 rings (SSSR count). The van der Waals surface area contributed by atoms with Gasteiger partial charge in [-0.25, -0.2) is 0 Å². The summed E-state index contributed by atoms with van der Waals surface area (Å²) >= 11 is 1.85. The van der Waals surface area contributed by atoms with E-state index in [-0.39, 0.29) is 24.0 Å². The average Bonchev–Trinajstić information content (AvgIpc) is 3.44. The first kappa shape index (κ1) is 25.2. The van der Waals surface area contributed by atoms with Gasteiger partial charge in [0, 0.05) is 37.7 Å². The Morgan fingerprint density at radius 1 is 1.27 bits per heavy atom. The summed E-state index contributed by atoms with van der Waals surface area (Å²) in [5.41, 5.74) is 0. The summed E-state index contributed by atoms with van der Waals surface area (Å²) < 4.78 is 10.9. The van der Waals surface area contributed by atoms with Crippen LogP contribution in [-0.2, 0) is 17.9 Å². The molecule has 0 spiro atoms. The van der Waals surface area contributed by atoms with Crippen molar-refractivity contribution in [3.8, 4) is 0 Å². The summed E-state index contributed by atoms with van der Waals surface area (Å²) in [6.45, 7) is 9.42. The first-order valence-electron chi connectivity index (χ1n) is 10.7. The average molecular weight is 547 g/mol. The molecule has 168 valence electrons. The second-order valence-electron chi connectivity index (χ2n) is 7.43. The fourth-order valence-electron chi connectivity index (χ4n) is 3.46. The van der Waals surface area contributed by atoms with Gasteiger partial charge < -0.3 is 19.8 Å². The van der Waals surface area contributed by atoms with Gasteiger partial charge in [0.1, 0.15) is 12.4 Å². The smallest absolute Gasteiger partial charge is 0.191 e. The van der Waals surface area contributed by atoms with Crippen LogP contribution in [0.4, 0.5) is 0 Å². The van der Waals surface area contributed by atoms with Gasteiger partial charge in [-0.15, -0.1) is 35.3 Å².